The first-order valence-electron chi connectivity index (χ1n) is 4.93. The second kappa shape index (κ2) is 6.17. The fourth-order valence-electron chi connectivity index (χ4n) is 1.31. The summed E-state index contributed by atoms with van der Waals surface area (Å²) in [6.45, 7) is 0. The van der Waals surface area contributed by atoms with Crippen LogP contribution in [0.1, 0.15) is 10.4 Å². The maximum atomic E-state index is 12.1. The predicted molar refractivity (Wildman–Crippen MR) is 81.8 cm³/mol. The van der Waals surface area contributed by atoms with Gasteiger partial charge in [-0.3, -0.25) is 4.79 Å². The molecule has 0 radical (unpaired) electrons. The molecule has 19 heavy (non-hydrogen) atoms. The van der Waals surface area contributed by atoms with Crippen LogP contribution in [-0.2, 0) is 0 Å². The van der Waals surface area contributed by atoms with E-state index >= 15 is 0 Å². The molecule has 1 N–H and O–H groups in total. The summed E-state index contributed by atoms with van der Waals surface area (Å²) in [5.41, 5.74) is 0.751. The minimum absolute atomic E-state index is 0.00919. The maximum Gasteiger partial charge on any atom is 0.259 e. The van der Waals surface area contributed by atoms with Crippen LogP contribution in [0.4, 0.5) is 5.69 Å². The highest BCUT2D eigenvalue weighted by Gasteiger charge is 2.15. The number of hydrogen-bond acceptors (Lipinski definition) is 3. The van der Waals surface area contributed by atoms with Crippen molar-refractivity contribution in [1.29, 1.82) is 0 Å². The molecular formula is C11H5Br2Cl2N3O. The van der Waals surface area contributed by atoms with Gasteiger partial charge in [0.2, 0.25) is 0 Å². The number of nitrogens with zero attached hydrogens (tertiary/aromatic N) is 2. The average Bonchev–Trinajstić information content (AvgIpc) is 2.37. The van der Waals surface area contributed by atoms with Gasteiger partial charge in [-0.2, -0.15) is 0 Å². The van der Waals surface area contributed by atoms with Crippen LogP contribution >= 0.6 is 55.1 Å². The summed E-state index contributed by atoms with van der Waals surface area (Å²) in [5, 5.41) is 9.94. The Balaban J connectivity index is 2.34. The molecule has 2 rings (SSSR count). The van der Waals surface area contributed by atoms with Crippen LogP contribution in [0, 0.1) is 0 Å². The average molecular weight is 426 g/mol. The van der Waals surface area contributed by atoms with E-state index < -0.39 is 5.91 Å². The topological polar surface area (TPSA) is 54.9 Å². The lowest BCUT2D eigenvalue weighted by atomic mass is 10.2. The van der Waals surface area contributed by atoms with Crippen LogP contribution in [0.2, 0.25) is 10.3 Å². The normalized spacial score (nSPS) is 10.3. The van der Waals surface area contributed by atoms with Crippen LogP contribution in [0.15, 0.2) is 33.2 Å². The number of benzene rings is 1. The summed E-state index contributed by atoms with van der Waals surface area (Å²) in [4.78, 5) is 12.1. The number of aromatic nitrogens is 2. The summed E-state index contributed by atoms with van der Waals surface area (Å²) < 4.78 is 1.47. The second-order valence-corrected chi connectivity index (χ2v) is 5.88. The summed E-state index contributed by atoms with van der Waals surface area (Å²) in [7, 11) is 0. The molecule has 1 amide bonds. The maximum absolute atomic E-state index is 12.1. The van der Waals surface area contributed by atoms with Crippen LogP contribution in [-0.4, -0.2) is 16.1 Å². The lowest BCUT2D eigenvalue weighted by Crippen LogP contribution is -2.14. The molecule has 0 aliphatic heterocycles. The molecule has 0 unspecified atom stereocenters. The lowest BCUT2D eigenvalue weighted by molar-refractivity contribution is 0.102. The van der Waals surface area contributed by atoms with Crippen LogP contribution in [0.5, 0.6) is 0 Å². The van der Waals surface area contributed by atoms with Crippen molar-refractivity contribution in [2.45, 2.75) is 0 Å². The quantitative estimate of drug-likeness (QED) is 0.767. The minimum Gasteiger partial charge on any atom is -0.320 e. The molecule has 1 heterocycles. The van der Waals surface area contributed by atoms with E-state index in [9.17, 15) is 4.79 Å². The van der Waals surface area contributed by atoms with Gasteiger partial charge >= 0.3 is 0 Å². The van der Waals surface area contributed by atoms with Gasteiger partial charge in [0.15, 0.2) is 10.3 Å². The van der Waals surface area contributed by atoms with E-state index in [4.69, 9.17) is 23.2 Å². The van der Waals surface area contributed by atoms with Crippen LogP contribution < -0.4 is 5.32 Å². The Kier molecular flexibility index (Phi) is 4.78. The first-order chi connectivity index (χ1) is 8.99. The van der Waals surface area contributed by atoms with Crippen molar-refractivity contribution < 1.29 is 4.79 Å². The molecule has 0 aliphatic carbocycles. The highest BCUT2D eigenvalue weighted by atomic mass is 79.9. The number of carbonyl (C=O) groups is 1. The molecule has 8 heteroatoms. The second-order valence-electron chi connectivity index (χ2n) is 3.42. The zero-order valence-electron chi connectivity index (χ0n) is 9.12. The zero-order valence-corrected chi connectivity index (χ0v) is 13.8. The van der Waals surface area contributed by atoms with Gasteiger partial charge in [0.25, 0.3) is 5.91 Å². The molecule has 0 aliphatic rings. The first kappa shape index (κ1) is 14.7. The highest BCUT2D eigenvalue weighted by molar-refractivity contribution is 9.11. The third kappa shape index (κ3) is 3.45. The van der Waals surface area contributed by atoms with E-state index in [1.807, 2.05) is 6.07 Å². The van der Waals surface area contributed by atoms with Gasteiger partial charge in [-0.15, -0.1) is 10.2 Å². The van der Waals surface area contributed by atoms with Crippen molar-refractivity contribution >= 4 is 66.7 Å². The van der Waals surface area contributed by atoms with Gasteiger partial charge in [-0.1, -0.05) is 29.3 Å². The highest BCUT2D eigenvalue weighted by Crippen LogP contribution is 2.31. The Hall–Kier alpha value is -0.690. The Morgan fingerprint density at radius 1 is 1.16 bits per heavy atom. The molecule has 1 aromatic carbocycles. The molecule has 0 spiro atoms. The fourth-order valence-corrected chi connectivity index (χ4v) is 2.83. The zero-order chi connectivity index (χ0) is 14.0. The van der Waals surface area contributed by atoms with Gasteiger partial charge in [0, 0.05) is 8.95 Å². The monoisotopic (exact) mass is 423 g/mol. The molecule has 0 saturated heterocycles. The standard InChI is InChI=1S/C11H5Br2Cl2N3O/c12-6-2-1-3-7(13)9(6)16-11(19)5-4-8(14)17-18-10(5)15/h1-4H,(H,16,19). The van der Waals surface area contributed by atoms with E-state index in [1.165, 1.54) is 6.07 Å². The Morgan fingerprint density at radius 2 is 1.79 bits per heavy atom. The molecule has 0 atom stereocenters. The number of nitrogens with one attached hydrogen (secondary N) is 1. The van der Waals surface area contributed by atoms with Gasteiger partial charge in [0.05, 0.1) is 11.3 Å². The largest absolute Gasteiger partial charge is 0.320 e. The molecule has 98 valence electrons. The summed E-state index contributed by atoms with van der Waals surface area (Å²) in [5.74, 6) is -0.422. The van der Waals surface area contributed by atoms with Crippen LogP contribution in [0.3, 0.4) is 0 Å². The molecule has 2 aromatic rings. The Labute approximate surface area is 135 Å². The smallest absolute Gasteiger partial charge is 0.259 e. The van der Waals surface area contributed by atoms with E-state index in [2.05, 4.69) is 47.4 Å². The molecular weight excluding hydrogens is 421 g/mol. The van der Waals surface area contributed by atoms with Crippen molar-refractivity contribution in [2.24, 2.45) is 0 Å². The van der Waals surface area contributed by atoms with Crippen molar-refractivity contribution in [2.75, 3.05) is 5.32 Å². The summed E-state index contributed by atoms with van der Waals surface area (Å²) >= 11 is 18.2. The Bertz CT molecular complexity index is 632. The van der Waals surface area contributed by atoms with Crippen molar-refractivity contribution in [3.05, 3.63) is 49.1 Å². The number of para-hydroxylation sites is 1. The molecule has 4 nitrogen and oxygen atoms in total. The molecule has 1 aromatic heterocycles. The molecule has 0 saturated carbocycles. The predicted octanol–water partition coefficient (Wildman–Crippen LogP) is 4.56. The van der Waals surface area contributed by atoms with Gasteiger partial charge in [0.1, 0.15) is 0 Å². The van der Waals surface area contributed by atoms with Crippen molar-refractivity contribution in [1.82, 2.24) is 10.2 Å². The number of halogens is 4. The molecule has 0 bridgehead atoms. The van der Waals surface area contributed by atoms with E-state index in [-0.39, 0.29) is 15.9 Å². The fraction of sp³-hybridized carbons (Fsp3) is 0. The number of rotatable bonds is 2. The number of hydrogen-bond donors (Lipinski definition) is 1. The Morgan fingerprint density at radius 3 is 2.42 bits per heavy atom. The third-order valence-electron chi connectivity index (χ3n) is 2.16. The third-order valence-corrected chi connectivity index (χ3v) is 3.95. The number of carbonyl (C=O) groups excluding carboxylic acids is 1. The van der Waals surface area contributed by atoms with Gasteiger partial charge in [-0.25, -0.2) is 0 Å². The van der Waals surface area contributed by atoms with Gasteiger partial charge < -0.3 is 5.32 Å². The van der Waals surface area contributed by atoms with E-state index in [1.54, 1.807) is 12.1 Å². The summed E-state index contributed by atoms with van der Waals surface area (Å²) in [6.07, 6.45) is 0. The summed E-state index contributed by atoms with van der Waals surface area (Å²) in [6, 6.07) is 6.80. The number of anilines is 1. The van der Waals surface area contributed by atoms with Crippen molar-refractivity contribution in [3.63, 3.8) is 0 Å². The lowest BCUT2D eigenvalue weighted by Gasteiger charge is -2.10. The van der Waals surface area contributed by atoms with Crippen molar-refractivity contribution in [3.8, 4) is 0 Å². The SMILES string of the molecule is O=C(Nc1c(Br)cccc1Br)c1cc(Cl)nnc1Cl. The number of amides is 1. The van der Waals surface area contributed by atoms with Crippen LogP contribution in [0.25, 0.3) is 0 Å². The van der Waals surface area contributed by atoms with E-state index in [0.717, 1.165) is 8.95 Å². The minimum atomic E-state index is -0.422. The van der Waals surface area contributed by atoms with Gasteiger partial charge in [-0.05, 0) is 50.1 Å². The first-order valence-corrected chi connectivity index (χ1v) is 7.27. The van der Waals surface area contributed by atoms with E-state index in [0.29, 0.717) is 5.69 Å². The molecule has 0 fully saturated rings.